The Balaban J connectivity index is 2.48. The first-order valence-electron chi connectivity index (χ1n) is 6.30. The molecule has 1 nitrogen and oxygen atoms in total. The Morgan fingerprint density at radius 1 is 1.06 bits per heavy atom. The Morgan fingerprint density at radius 2 is 1.62 bits per heavy atom. The van der Waals surface area contributed by atoms with Crippen LogP contribution in [0.15, 0.2) is 24.3 Å². The van der Waals surface area contributed by atoms with Gasteiger partial charge >= 0.3 is 0 Å². The summed E-state index contributed by atoms with van der Waals surface area (Å²) in [5.41, 5.74) is 3.28. The minimum atomic E-state index is 0.387. The molecule has 1 rings (SSSR count). The predicted octanol–water partition coefficient (Wildman–Crippen LogP) is 3.43. The van der Waals surface area contributed by atoms with Gasteiger partial charge in [-0.05, 0) is 49.4 Å². The second-order valence-corrected chi connectivity index (χ2v) is 5.36. The number of rotatable bonds is 6. The quantitative estimate of drug-likeness (QED) is 0.773. The Labute approximate surface area is 100 Å². The van der Waals surface area contributed by atoms with Crippen LogP contribution in [0, 0.1) is 5.41 Å². The molecular weight excluding hydrogens is 194 g/mol. The van der Waals surface area contributed by atoms with E-state index < -0.39 is 0 Å². The highest BCUT2D eigenvalue weighted by atomic mass is 14.8. The van der Waals surface area contributed by atoms with E-state index in [2.05, 4.69) is 50.4 Å². The first kappa shape index (κ1) is 13.2. The second-order valence-electron chi connectivity index (χ2n) is 5.36. The van der Waals surface area contributed by atoms with Crippen LogP contribution < -0.4 is 5.32 Å². The van der Waals surface area contributed by atoms with Gasteiger partial charge in [-0.1, -0.05) is 45.0 Å². The largest absolute Gasteiger partial charge is 0.319 e. The second kappa shape index (κ2) is 6.05. The highest BCUT2D eigenvalue weighted by Crippen LogP contribution is 2.21. The summed E-state index contributed by atoms with van der Waals surface area (Å²) >= 11 is 0. The van der Waals surface area contributed by atoms with E-state index in [0.717, 1.165) is 13.0 Å². The number of hydrogen-bond acceptors (Lipinski definition) is 1. The third kappa shape index (κ3) is 4.36. The van der Waals surface area contributed by atoms with Gasteiger partial charge in [0.05, 0.1) is 0 Å². The lowest BCUT2D eigenvalue weighted by Crippen LogP contribution is -2.27. The zero-order chi connectivity index (χ0) is 12.0. The van der Waals surface area contributed by atoms with Crippen molar-refractivity contribution < 1.29 is 0 Å². The normalized spacial score (nSPS) is 11.8. The fourth-order valence-electron chi connectivity index (χ4n) is 1.99. The molecule has 0 aliphatic rings. The molecule has 0 radical (unpaired) electrons. The van der Waals surface area contributed by atoms with Gasteiger partial charge < -0.3 is 5.32 Å². The van der Waals surface area contributed by atoms with Crippen LogP contribution in [-0.4, -0.2) is 13.6 Å². The fraction of sp³-hybridized carbons (Fsp3) is 0.600. The molecule has 1 aromatic rings. The number of nitrogens with one attached hydrogen (secondary N) is 1. The van der Waals surface area contributed by atoms with Gasteiger partial charge in [-0.2, -0.15) is 0 Å². The Kier molecular flexibility index (Phi) is 5.01. The van der Waals surface area contributed by atoms with Gasteiger partial charge in [-0.15, -0.1) is 0 Å². The molecule has 0 saturated carbocycles. The zero-order valence-corrected chi connectivity index (χ0v) is 11.1. The van der Waals surface area contributed by atoms with Gasteiger partial charge in [0.2, 0.25) is 0 Å². The Bertz CT molecular complexity index is 298. The van der Waals surface area contributed by atoms with Gasteiger partial charge in [0.1, 0.15) is 0 Å². The molecule has 0 atom stereocenters. The van der Waals surface area contributed by atoms with Gasteiger partial charge in [-0.3, -0.25) is 0 Å². The summed E-state index contributed by atoms with van der Waals surface area (Å²) < 4.78 is 0. The summed E-state index contributed by atoms with van der Waals surface area (Å²) in [5, 5.41) is 3.26. The average Bonchev–Trinajstić information content (AvgIpc) is 2.27. The van der Waals surface area contributed by atoms with Gasteiger partial charge in [0, 0.05) is 0 Å². The molecule has 90 valence electrons. The lowest BCUT2D eigenvalue weighted by molar-refractivity contribution is 0.324. The van der Waals surface area contributed by atoms with Crippen molar-refractivity contribution in [3.05, 3.63) is 35.4 Å². The maximum Gasteiger partial charge on any atom is -0.0000373 e. The monoisotopic (exact) mass is 219 g/mol. The van der Waals surface area contributed by atoms with Gasteiger partial charge in [-0.25, -0.2) is 0 Å². The van der Waals surface area contributed by atoms with E-state index in [1.807, 2.05) is 7.05 Å². The van der Waals surface area contributed by atoms with E-state index in [-0.39, 0.29) is 0 Å². The van der Waals surface area contributed by atoms with Crippen molar-refractivity contribution in [1.82, 2.24) is 5.32 Å². The van der Waals surface area contributed by atoms with Crippen LogP contribution in [0.2, 0.25) is 0 Å². The van der Waals surface area contributed by atoms with E-state index in [4.69, 9.17) is 0 Å². The summed E-state index contributed by atoms with van der Waals surface area (Å²) in [5.74, 6) is 0. The number of aryl methyl sites for hydroxylation is 2. The first-order chi connectivity index (χ1) is 7.57. The molecule has 0 aromatic heterocycles. The molecule has 16 heavy (non-hydrogen) atoms. The topological polar surface area (TPSA) is 12.0 Å². The maximum atomic E-state index is 3.26. The van der Waals surface area contributed by atoms with Crippen LogP contribution in [0.1, 0.15) is 38.3 Å². The van der Waals surface area contributed by atoms with Crippen LogP contribution in [0.3, 0.4) is 0 Å². The van der Waals surface area contributed by atoms with E-state index in [9.17, 15) is 0 Å². The average molecular weight is 219 g/mol. The first-order valence-corrected chi connectivity index (χ1v) is 6.30. The Morgan fingerprint density at radius 3 is 2.12 bits per heavy atom. The van der Waals surface area contributed by atoms with Crippen molar-refractivity contribution in [2.75, 3.05) is 13.6 Å². The van der Waals surface area contributed by atoms with Crippen LogP contribution in [0.4, 0.5) is 0 Å². The van der Waals surface area contributed by atoms with Gasteiger partial charge in [0.15, 0.2) is 0 Å². The van der Waals surface area contributed by atoms with Crippen LogP contribution >= 0.6 is 0 Å². The lowest BCUT2D eigenvalue weighted by atomic mass is 9.86. The molecule has 0 bridgehead atoms. The lowest BCUT2D eigenvalue weighted by Gasteiger charge is -2.24. The van der Waals surface area contributed by atoms with Crippen LogP contribution in [0.5, 0.6) is 0 Å². The summed E-state index contributed by atoms with van der Waals surface area (Å²) in [4.78, 5) is 0. The summed E-state index contributed by atoms with van der Waals surface area (Å²) in [6.07, 6.45) is 3.55. The molecule has 0 saturated heterocycles. The predicted molar refractivity (Wildman–Crippen MR) is 71.8 cm³/mol. The maximum absolute atomic E-state index is 3.26. The van der Waals surface area contributed by atoms with E-state index in [0.29, 0.717) is 5.41 Å². The van der Waals surface area contributed by atoms with Crippen molar-refractivity contribution in [2.45, 2.75) is 40.0 Å². The number of benzene rings is 1. The van der Waals surface area contributed by atoms with Crippen molar-refractivity contribution in [2.24, 2.45) is 5.41 Å². The third-order valence-electron chi connectivity index (χ3n) is 3.18. The minimum absolute atomic E-state index is 0.387. The zero-order valence-electron chi connectivity index (χ0n) is 11.1. The fourth-order valence-corrected chi connectivity index (χ4v) is 1.99. The van der Waals surface area contributed by atoms with Crippen LogP contribution in [-0.2, 0) is 12.8 Å². The number of hydrogen-bond donors (Lipinski definition) is 1. The summed E-state index contributed by atoms with van der Waals surface area (Å²) in [6, 6.07) is 9.05. The summed E-state index contributed by atoms with van der Waals surface area (Å²) in [7, 11) is 2.03. The van der Waals surface area contributed by atoms with E-state index in [1.54, 1.807) is 0 Å². The molecule has 1 N–H and O–H groups in total. The molecule has 1 aromatic carbocycles. The molecule has 0 fully saturated rings. The highest BCUT2D eigenvalue weighted by Gasteiger charge is 2.16. The molecule has 0 aliphatic carbocycles. The van der Waals surface area contributed by atoms with Crippen molar-refractivity contribution in [3.8, 4) is 0 Å². The Hall–Kier alpha value is -0.820. The van der Waals surface area contributed by atoms with E-state index >= 15 is 0 Å². The van der Waals surface area contributed by atoms with Crippen LogP contribution in [0.25, 0.3) is 0 Å². The highest BCUT2D eigenvalue weighted by molar-refractivity contribution is 5.22. The standard InChI is InChI=1S/C15H25N/c1-5-13-6-8-14(9-7-13)10-11-15(2,3)12-16-4/h6-9,16H,5,10-12H2,1-4H3. The molecule has 0 spiro atoms. The SMILES string of the molecule is CCc1ccc(CCC(C)(C)CNC)cc1. The molecule has 0 unspecified atom stereocenters. The van der Waals surface area contributed by atoms with Crippen molar-refractivity contribution in [1.29, 1.82) is 0 Å². The molecule has 0 aliphatic heterocycles. The van der Waals surface area contributed by atoms with Crippen molar-refractivity contribution >= 4 is 0 Å². The molecule has 0 heterocycles. The summed E-state index contributed by atoms with van der Waals surface area (Å²) in [6.45, 7) is 7.93. The third-order valence-corrected chi connectivity index (χ3v) is 3.18. The molecule has 0 amide bonds. The van der Waals surface area contributed by atoms with Crippen molar-refractivity contribution in [3.63, 3.8) is 0 Å². The smallest absolute Gasteiger partial charge is 0.0000373 e. The molecular formula is C15H25N. The van der Waals surface area contributed by atoms with E-state index in [1.165, 1.54) is 24.0 Å². The molecule has 1 heteroatoms. The minimum Gasteiger partial charge on any atom is -0.319 e. The van der Waals surface area contributed by atoms with Gasteiger partial charge in [0.25, 0.3) is 0 Å².